The molecule has 3 heterocycles. The van der Waals surface area contributed by atoms with E-state index in [1.165, 1.54) is 6.07 Å². The summed E-state index contributed by atoms with van der Waals surface area (Å²) < 4.78 is 16.5. The van der Waals surface area contributed by atoms with Gasteiger partial charge in [0.05, 0.1) is 5.69 Å². The number of hydrogen-bond acceptors (Lipinski definition) is 2. The lowest BCUT2D eigenvalue weighted by atomic mass is 9.91. The topological polar surface area (TPSA) is 37.6 Å². The lowest BCUT2D eigenvalue weighted by Crippen LogP contribution is -2.29. The Kier molecular flexibility index (Phi) is 4.45. The zero-order valence-corrected chi connectivity index (χ0v) is 14.9. The van der Waals surface area contributed by atoms with E-state index in [-0.39, 0.29) is 24.1 Å². The molecule has 1 aliphatic heterocycles. The van der Waals surface area contributed by atoms with E-state index in [1.54, 1.807) is 18.3 Å². The van der Waals surface area contributed by atoms with Crippen molar-refractivity contribution >= 4 is 11.6 Å². The molecule has 1 atom stereocenters. The van der Waals surface area contributed by atoms with E-state index in [0.29, 0.717) is 5.56 Å². The molecule has 0 radical (unpaired) electrons. The molecule has 0 aliphatic carbocycles. The molecule has 0 spiro atoms. The van der Waals surface area contributed by atoms with Crippen LogP contribution in [0.4, 0.5) is 4.39 Å². The molecule has 4 nitrogen and oxygen atoms in total. The second kappa shape index (κ2) is 6.90. The Labute approximate surface area is 152 Å². The van der Waals surface area contributed by atoms with Crippen molar-refractivity contribution in [2.75, 3.05) is 13.1 Å². The summed E-state index contributed by atoms with van der Waals surface area (Å²) in [7, 11) is 0. The number of halogens is 1. The quantitative estimate of drug-likeness (QED) is 0.714. The third-order valence-corrected chi connectivity index (χ3v) is 5.17. The van der Waals surface area contributed by atoms with Gasteiger partial charge in [-0.25, -0.2) is 9.37 Å². The van der Waals surface area contributed by atoms with Crippen LogP contribution in [0, 0.1) is 12.7 Å². The molecular formula is C21H22FN3O. The number of amides is 1. The highest BCUT2D eigenvalue weighted by molar-refractivity contribution is 5.78. The summed E-state index contributed by atoms with van der Waals surface area (Å²) in [6.07, 6.45) is 6.06. The van der Waals surface area contributed by atoms with Gasteiger partial charge in [0.2, 0.25) is 5.91 Å². The highest BCUT2D eigenvalue weighted by atomic mass is 19.1. The van der Waals surface area contributed by atoms with E-state index in [2.05, 4.69) is 4.98 Å². The van der Waals surface area contributed by atoms with Crippen molar-refractivity contribution in [2.45, 2.75) is 32.1 Å². The second-order valence-electron chi connectivity index (χ2n) is 6.98. The predicted octanol–water partition coefficient (Wildman–Crippen LogP) is 3.93. The fourth-order valence-corrected chi connectivity index (χ4v) is 3.76. The van der Waals surface area contributed by atoms with Crippen LogP contribution in [-0.2, 0) is 4.79 Å². The van der Waals surface area contributed by atoms with E-state index in [0.717, 1.165) is 42.8 Å². The Morgan fingerprint density at radius 3 is 2.77 bits per heavy atom. The summed E-state index contributed by atoms with van der Waals surface area (Å²) in [6.45, 7) is 3.62. The van der Waals surface area contributed by atoms with Crippen LogP contribution in [0.1, 0.15) is 42.0 Å². The zero-order valence-electron chi connectivity index (χ0n) is 14.9. The van der Waals surface area contributed by atoms with Crippen molar-refractivity contribution in [1.29, 1.82) is 0 Å². The van der Waals surface area contributed by atoms with E-state index < -0.39 is 0 Å². The highest BCUT2D eigenvalue weighted by Gasteiger charge is 2.27. The minimum Gasteiger partial charge on any atom is -0.343 e. The fourth-order valence-electron chi connectivity index (χ4n) is 3.76. The van der Waals surface area contributed by atoms with E-state index in [1.807, 2.05) is 40.6 Å². The van der Waals surface area contributed by atoms with Gasteiger partial charge in [-0.1, -0.05) is 18.2 Å². The Hall–Kier alpha value is -2.69. The summed E-state index contributed by atoms with van der Waals surface area (Å²) in [6, 6.07) is 10.7. The molecule has 1 unspecified atom stereocenters. The third-order valence-electron chi connectivity index (χ3n) is 5.17. The van der Waals surface area contributed by atoms with Gasteiger partial charge in [0.15, 0.2) is 0 Å². The van der Waals surface area contributed by atoms with Crippen LogP contribution in [0.15, 0.2) is 48.8 Å². The van der Waals surface area contributed by atoms with Crippen molar-refractivity contribution in [3.63, 3.8) is 0 Å². The van der Waals surface area contributed by atoms with Gasteiger partial charge in [-0.2, -0.15) is 0 Å². The molecule has 1 fully saturated rings. The molecule has 0 saturated carbocycles. The molecule has 134 valence electrons. The lowest BCUT2D eigenvalue weighted by molar-refractivity contribution is -0.130. The normalized spacial score (nSPS) is 15.5. The van der Waals surface area contributed by atoms with Gasteiger partial charge in [-0.3, -0.25) is 4.79 Å². The number of likely N-dealkylation sites (tertiary alicyclic amines) is 1. The molecule has 5 heteroatoms. The molecule has 2 aromatic heterocycles. The van der Waals surface area contributed by atoms with Crippen LogP contribution in [0.2, 0.25) is 0 Å². The number of fused-ring (bicyclic) bond motifs is 1. The standard InChI is InChI=1S/C21H22FN3O/c1-15-8-11-25-19(14-23-20(25)12-15)17(16-6-2-3-7-18(16)22)13-21(26)24-9-4-5-10-24/h2-3,6-8,11-12,14,17H,4-5,9-10,13H2,1H3. The van der Waals surface area contributed by atoms with E-state index in [9.17, 15) is 9.18 Å². The number of carbonyl (C=O) groups is 1. The number of aryl methyl sites for hydroxylation is 1. The Bertz CT molecular complexity index is 943. The van der Waals surface area contributed by atoms with Crippen LogP contribution >= 0.6 is 0 Å². The zero-order chi connectivity index (χ0) is 18.1. The molecule has 1 aromatic carbocycles. The predicted molar refractivity (Wildman–Crippen MR) is 98.6 cm³/mol. The number of aromatic nitrogens is 2. The SMILES string of the molecule is Cc1ccn2c(C(CC(=O)N3CCCC3)c3ccccc3F)cnc2c1. The number of pyridine rings is 1. The maximum atomic E-state index is 14.6. The van der Waals surface area contributed by atoms with Crippen molar-refractivity contribution < 1.29 is 9.18 Å². The minimum absolute atomic E-state index is 0.0813. The average molecular weight is 351 g/mol. The van der Waals surface area contributed by atoms with Crippen LogP contribution in [-0.4, -0.2) is 33.3 Å². The van der Waals surface area contributed by atoms with Gasteiger partial charge in [-0.05, 0) is 49.1 Å². The molecule has 26 heavy (non-hydrogen) atoms. The number of nitrogens with zero attached hydrogens (tertiary/aromatic N) is 3. The maximum Gasteiger partial charge on any atom is 0.223 e. The van der Waals surface area contributed by atoms with Gasteiger partial charge in [0.1, 0.15) is 11.5 Å². The first-order chi connectivity index (χ1) is 12.6. The van der Waals surface area contributed by atoms with E-state index >= 15 is 0 Å². The van der Waals surface area contributed by atoms with Crippen LogP contribution < -0.4 is 0 Å². The van der Waals surface area contributed by atoms with Gasteiger partial charge in [0, 0.05) is 37.8 Å². The van der Waals surface area contributed by atoms with E-state index in [4.69, 9.17) is 0 Å². The van der Waals surface area contributed by atoms with Crippen LogP contribution in [0.25, 0.3) is 5.65 Å². The number of imidazole rings is 1. The van der Waals surface area contributed by atoms with Crippen molar-refractivity contribution in [3.8, 4) is 0 Å². The average Bonchev–Trinajstić information content (AvgIpc) is 3.30. The van der Waals surface area contributed by atoms with Gasteiger partial charge >= 0.3 is 0 Å². The summed E-state index contributed by atoms with van der Waals surface area (Å²) in [4.78, 5) is 19.2. The molecule has 3 aromatic rings. The summed E-state index contributed by atoms with van der Waals surface area (Å²) in [5.74, 6) is -0.561. The fraction of sp³-hybridized carbons (Fsp3) is 0.333. The highest BCUT2D eigenvalue weighted by Crippen LogP contribution is 2.31. The second-order valence-corrected chi connectivity index (χ2v) is 6.98. The maximum absolute atomic E-state index is 14.6. The minimum atomic E-state index is -0.359. The van der Waals surface area contributed by atoms with Gasteiger partial charge < -0.3 is 9.30 Å². The number of carbonyl (C=O) groups excluding carboxylic acids is 1. The molecule has 1 aliphatic rings. The van der Waals surface area contributed by atoms with Crippen LogP contribution in [0.3, 0.4) is 0 Å². The van der Waals surface area contributed by atoms with Crippen molar-refractivity contribution in [2.24, 2.45) is 0 Å². The molecule has 1 amide bonds. The summed E-state index contributed by atoms with van der Waals surface area (Å²) >= 11 is 0. The first kappa shape index (κ1) is 16.8. The number of rotatable bonds is 4. The smallest absolute Gasteiger partial charge is 0.223 e. The molecular weight excluding hydrogens is 329 g/mol. The first-order valence-electron chi connectivity index (χ1n) is 9.09. The molecule has 1 saturated heterocycles. The van der Waals surface area contributed by atoms with Crippen LogP contribution in [0.5, 0.6) is 0 Å². The van der Waals surface area contributed by atoms with Crippen molar-refractivity contribution in [1.82, 2.24) is 14.3 Å². The Morgan fingerprint density at radius 2 is 2.00 bits per heavy atom. The number of benzene rings is 1. The largest absolute Gasteiger partial charge is 0.343 e. The monoisotopic (exact) mass is 351 g/mol. The summed E-state index contributed by atoms with van der Waals surface area (Å²) in [5, 5.41) is 0. The molecule has 0 bridgehead atoms. The summed E-state index contributed by atoms with van der Waals surface area (Å²) in [5.41, 5.74) is 3.32. The Balaban J connectivity index is 1.76. The third kappa shape index (κ3) is 3.09. The molecule has 0 N–H and O–H groups in total. The Morgan fingerprint density at radius 1 is 1.23 bits per heavy atom. The lowest BCUT2D eigenvalue weighted by Gasteiger charge is -2.22. The molecule has 4 rings (SSSR count). The van der Waals surface area contributed by atoms with Crippen molar-refractivity contribution in [3.05, 3.63) is 71.4 Å². The van der Waals surface area contributed by atoms with Gasteiger partial charge in [-0.15, -0.1) is 0 Å². The first-order valence-corrected chi connectivity index (χ1v) is 9.09. The number of hydrogen-bond donors (Lipinski definition) is 0. The van der Waals surface area contributed by atoms with Gasteiger partial charge in [0.25, 0.3) is 0 Å².